The van der Waals surface area contributed by atoms with Crippen LogP contribution in [0.15, 0.2) is 34.9 Å². The summed E-state index contributed by atoms with van der Waals surface area (Å²) in [5.41, 5.74) is 3.48. The Labute approximate surface area is 201 Å². The Kier molecular flexibility index (Phi) is 6.78. The van der Waals surface area contributed by atoms with Crippen molar-refractivity contribution < 1.29 is 15.3 Å². The second kappa shape index (κ2) is 9.03. The minimum atomic E-state index is -0.832. The van der Waals surface area contributed by atoms with Crippen molar-refractivity contribution >= 4 is 0 Å². The molecule has 3 N–H and O–H groups in total. The summed E-state index contributed by atoms with van der Waals surface area (Å²) in [7, 11) is 0. The summed E-state index contributed by atoms with van der Waals surface area (Å²) in [5, 5.41) is 31.7. The molecule has 7 atom stereocenters. The molecule has 0 heterocycles. The van der Waals surface area contributed by atoms with Crippen molar-refractivity contribution in [3.63, 3.8) is 0 Å². The van der Waals surface area contributed by atoms with Crippen molar-refractivity contribution in [1.29, 1.82) is 0 Å². The van der Waals surface area contributed by atoms with Gasteiger partial charge in [-0.15, -0.1) is 5.92 Å². The first-order chi connectivity index (χ1) is 15.6. The number of allylic oxidation sites excluding steroid dienone is 5. The maximum atomic E-state index is 11.1. The third-order valence-electron chi connectivity index (χ3n) is 10.0. The van der Waals surface area contributed by atoms with Gasteiger partial charge in [0.25, 0.3) is 0 Å². The largest absolute Gasteiger partial charge is 0.393 e. The van der Waals surface area contributed by atoms with Gasteiger partial charge < -0.3 is 15.3 Å². The van der Waals surface area contributed by atoms with E-state index in [9.17, 15) is 15.3 Å². The Hall–Kier alpha value is -1.34. The van der Waals surface area contributed by atoms with E-state index in [-0.39, 0.29) is 10.8 Å². The van der Waals surface area contributed by atoms with Crippen molar-refractivity contribution in [2.75, 3.05) is 0 Å². The molecule has 4 aliphatic rings. The Bertz CT molecular complexity index is 911. The van der Waals surface area contributed by atoms with Gasteiger partial charge in [0.1, 0.15) is 5.60 Å². The molecule has 2 fully saturated rings. The molecule has 0 amide bonds. The molecule has 4 aliphatic carbocycles. The highest BCUT2D eigenvalue weighted by Crippen LogP contribution is 2.64. The van der Waals surface area contributed by atoms with Gasteiger partial charge >= 0.3 is 0 Å². The molecule has 0 radical (unpaired) electrons. The van der Waals surface area contributed by atoms with Gasteiger partial charge in [0.05, 0.1) is 12.2 Å². The first-order valence-corrected chi connectivity index (χ1v) is 13.3. The van der Waals surface area contributed by atoms with Gasteiger partial charge in [0.2, 0.25) is 0 Å². The van der Waals surface area contributed by atoms with E-state index in [0.29, 0.717) is 43.4 Å². The summed E-state index contributed by atoms with van der Waals surface area (Å²) >= 11 is 0. The Morgan fingerprint density at radius 3 is 2.58 bits per heavy atom. The lowest BCUT2D eigenvalue weighted by molar-refractivity contribution is -0.0492. The third kappa shape index (κ3) is 4.07. The van der Waals surface area contributed by atoms with Crippen LogP contribution in [-0.4, -0.2) is 33.1 Å². The smallest absolute Gasteiger partial charge is 0.125 e. The van der Waals surface area contributed by atoms with Crippen molar-refractivity contribution in [2.45, 2.75) is 110 Å². The van der Waals surface area contributed by atoms with E-state index >= 15 is 0 Å². The Balaban J connectivity index is 1.49. The van der Waals surface area contributed by atoms with E-state index in [0.717, 1.165) is 32.1 Å². The Morgan fingerprint density at radius 2 is 1.88 bits per heavy atom. The second-order valence-corrected chi connectivity index (χ2v) is 11.7. The van der Waals surface area contributed by atoms with Crippen LogP contribution in [0.1, 0.15) is 92.4 Å². The van der Waals surface area contributed by atoms with Crippen molar-refractivity contribution in [2.24, 2.45) is 28.6 Å². The minimum absolute atomic E-state index is 0.184. The van der Waals surface area contributed by atoms with Gasteiger partial charge in [-0.3, -0.25) is 0 Å². The molecular formula is C30H44O3. The lowest BCUT2D eigenvalue weighted by Gasteiger charge is -2.56. The molecule has 0 spiro atoms. The fraction of sp³-hybridized carbons (Fsp3) is 0.733. The van der Waals surface area contributed by atoms with E-state index in [1.54, 1.807) is 5.57 Å². The SMILES string of the molecule is CCC(O)(C#CCC[C@H](C)C1=CC[C@H]2C3=CC=C4C[C@@H](O)C[C@H](O)[C@]4(C)[C@H]3CC[C@]12C)CC. The maximum Gasteiger partial charge on any atom is 0.125 e. The highest BCUT2D eigenvalue weighted by molar-refractivity contribution is 5.43. The van der Waals surface area contributed by atoms with Crippen molar-refractivity contribution in [3.05, 3.63) is 34.9 Å². The van der Waals surface area contributed by atoms with E-state index in [1.807, 2.05) is 13.8 Å². The van der Waals surface area contributed by atoms with Crippen LogP contribution in [0.5, 0.6) is 0 Å². The lowest BCUT2D eigenvalue weighted by Crippen LogP contribution is -2.52. The molecule has 0 unspecified atom stereocenters. The predicted molar refractivity (Wildman–Crippen MR) is 134 cm³/mol. The quantitative estimate of drug-likeness (QED) is 0.370. The molecule has 3 heteroatoms. The van der Waals surface area contributed by atoms with Gasteiger partial charge in [-0.05, 0) is 68.1 Å². The van der Waals surface area contributed by atoms with E-state index in [2.05, 4.69) is 50.8 Å². The zero-order chi connectivity index (χ0) is 24.0. The zero-order valence-corrected chi connectivity index (χ0v) is 21.3. The first-order valence-electron chi connectivity index (χ1n) is 13.3. The fourth-order valence-electron chi connectivity index (χ4n) is 7.53. The average molecular weight is 453 g/mol. The van der Waals surface area contributed by atoms with Crippen LogP contribution < -0.4 is 0 Å². The molecule has 0 aromatic rings. The number of fused-ring (bicyclic) bond motifs is 5. The minimum Gasteiger partial charge on any atom is -0.393 e. The highest BCUT2D eigenvalue weighted by atomic mass is 16.3. The number of rotatable bonds is 5. The molecule has 0 aromatic carbocycles. The van der Waals surface area contributed by atoms with Crippen molar-refractivity contribution in [1.82, 2.24) is 0 Å². The number of aliphatic hydroxyl groups excluding tert-OH is 2. The molecule has 0 bridgehead atoms. The summed E-state index contributed by atoms with van der Waals surface area (Å²) in [6.07, 6.45) is 13.9. The summed E-state index contributed by atoms with van der Waals surface area (Å²) in [5.74, 6) is 7.76. The molecule has 33 heavy (non-hydrogen) atoms. The van der Waals surface area contributed by atoms with E-state index < -0.39 is 17.8 Å². The van der Waals surface area contributed by atoms with E-state index in [4.69, 9.17) is 0 Å². The zero-order valence-electron chi connectivity index (χ0n) is 21.3. The van der Waals surface area contributed by atoms with Gasteiger partial charge in [-0.25, -0.2) is 0 Å². The molecule has 3 nitrogen and oxygen atoms in total. The number of hydrogen-bond donors (Lipinski definition) is 3. The predicted octanol–water partition coefficient (Wildman–Crippen LogP) is 5.71. The molecule has 0 aliphatic heterocycles. The maximum absolute atomic E-state index is 11.1. The van der Waals surface area contributed by atoms with Gasteiger partial charge in [0, 0.05) is 18.3 Å². The summed E-state index contributed by atoms with van der Waals surface area (Å²) in [6, 6.07) is 0. The highest BCUT2D eigenvalue weighted by Gasteiger charge is 2.56. The van der Waals surface area contributed by atoms with Crippen LogP contribution in [0, 0.1) is 40.4 Å². The van der Waals surface area contributed by atoms with Crippen LogP contribution in [0.3, 0.4) is 0 Å². The summed E-state index contributed by atoms with van der Waals surface area (Å²) in [4.78, 5) is 0. The van der Waals surface area contributed by atoms with Crippen LogP contribution in [0.4, 0.5) is 0 Å². The molecule has 0 saturated heterocycles. The number of hydrogen-bond acceptors (Lipinski definition) is 3. The average Bonchev–Trinajstić information content (AvgIpc) is 3.15. The number of aliphatic hydroxyl groups is 3. The monoisotopic (exact) mass is 452 g/mol. The van der Waals surface area contributed by atoms with Gasteiger partial charge in [0.15, 0.2) is 0 Å². The molecule has 0 aromatic heterocycles. The lowest BCUT2D eigenvalue weighted by atomic mass is 9.49. The summed E-state index contributed by atoms with van der Waals surface area (Å²) < 4.78 is 0. The van der Waals surface area contributed by atoms with Crippen LogP contribution >= 0.6 is 0 Å². The molecule has 2 saturated carbocycles. The first kappa shape index (κ1) is 24.8. The van der Waals surface area contributed by atoms with Crippen LogP contribution in [0.25, 0.3) is 0 Å². The van der Waals surface area contributed by atoms with Crippen LogP contribution in [-0.2, 0) is 0 Å². The standard InChI is InChI=1S/C30H44O3/c1-6-30(33,7-2)16-9-8-10-20(3)24-13-14-25-23-12-11-21-18-22(31)19-27(32)29(21,5)26(23)15-17-28(24,25)4/h11-13,20,22,25-27,31-33H,6-8,10,14-15,17-19H2,1-5H3/t20-,22+,25-,26-,27-,28+,29-/m0/s1. The van der Waals surface area contributed by atoms with Gasteiger partial charge in [-0.2, -0.15) is 0 Å². The fourth-order valence-corrected chi connectivity index (χ4v) is 7.53. The summed E-state index contributed by atoms with van der Waals surface area (Å²) in [6.45, 7) is 11.0. The molecular weight excluding hydrogens is 408 g/mol. The topological polar surface area (TPSA) is 60.7 Å². The third-order valence-corrected chi connectivity index (χ3v) is 10.0. The molecule has 4 rings (SSSR count). The van der Waals surface area contributed by atoms with Crippen LogP contribution in [0.2, 0.25) is 0 Å². The molecule has 182 valence electrons. The normalized spacial score (nSPS) is 38.6. The Morgan fingerprint density at radius 1 is 1.15 bits per heavy atom. The van der Waals surface area contributed by atoms with Gasteiger partial charge in [-0.1, -0.05) is 75.5 Å². The van der Waals surface area contributed by atoms with Crippen molar-refractivity contribution in [3.8, 4) is 11.8 Å². The second-order valence-electron chi connectivity index (χ2n) is 11.7. The van der Waals surface area contributed by atoms with E-state index in [1.165, 1.54) is 11.1 Å².